The van der Waals surface area contributed by atoms with Gasteiger partial charge in [0.15, 0.2) is 0 Å². The van der Waals surface area contributed by atoms with E-state index in [1.54, 1.807) is 0 Å². The average Bonchev–Trinajstić information content (AvgIpc) is 2.52. The molecule has 0 aliphatic carbocycles. The number of aryl methyl sites for hydroxylation is 2. The summed E-state index contributed by atoms with van der Waals surface area (Å²) in [5, 5.41) is 2.38. The van der Waals surface area contributed by atoms with E-state index in [9.17, 15) is 0 Å². The molecule has 2 aromatic heterocycles. The van der Waals surface area contributed by atoms with E-state index in [-0.39, 0.29) is 0 Å². The molecule has 2 N–H and O–H groups in total. The molecule has 0 bridgehead atoms. The number of nitrogens with two attached hydrogens (primary N) is 1. The summed E-state index contributed by atoms with van der Waals surface area (Å²) >= 11 is 3.50. The number of rotatable bonds is 0. The van der Waals surface area contributed by atoms with Crippen molar-refractivity contribution in [2.24, 2.45) is 7.05 Å². The maximum Gasteiger partial charge on any atom is 0.124 e. The van der Waals surface area contributed by atoms with Crippen LogP contribution in [0.1, 0.15) is 5.69 Å². The number of anilines is 1. The third-order valence-electron chi connectivity index (χ3n) is 3.13. The van der Waals surface area contributed by atoms with E-state index in [2.05, 4.69) is 44.7 Å². The van der Waals surface area contributed by atoms with Crippen molar-refractivity contribution in [2.75, 3.05) is 5.73 Å². The summed E-state index contributed by atoms with van der Waals surface area (Å²) in [5.41, 5.74) is 9.12. The highest BCUT2D eigenvalue weighted by molar-refractivity contribution is 9.10. The van der Waals surface area contributed by atoms with E-state index in [4.69, 9.17) is 5.73 Å². The van der Waals surface area contributed by atoms with Crippen LogP contribution in [0.25, 0.3) is 21.8 Å². The van der Waals surface area contributed by atoms with Crippen LogP contribution in [0.2, 0.25) is 0 Å². The highest BCUT2D eigenvalue weighted by atomic mass is 79.9. The summed E-state index contributed by atoms with van der Waals surface area (Å²) in [6, 6.07) is 8.22. The predicted molar refractivity (Wildman–Crippen MR) is 75.1 cm³/mol. The molecule has 0 saturated heterocycles. The Balaban J connectivity index is 2.63. The molecule has 3 aromatic rings. The van der Waals surface area contributed by atoms with E-state index in [1.165, 1.54) is 16.3 Å². The topological polar surface area (TPSA) is 43.8 Å². The van der Waals surface area contributed by atoms with E-state index < -0.39 is 0 Å². The van der Waals surface area contributed by atoms with Crippen LogP contribution in [-0.4, -0.2) is 9.55 Å². The molecule has 0 atom stereocenters. The molecule has 86 valence electrons. The quantitative estimate of drug-likeness (QED) is 0.689. The number of pyridine rings is 1. The van der Waals surface area contributed by atoms with E-state index >= 15 is 0 Å². The number of halogens is 1. The molecule has 0 aliphatic heterocycles. The maximum absolute atomic E-state index is 5.83. The first-order valence-corrected chi connectivity index (χ1v) is 6.18. The smallest absolute Gasteiger partial charge is 0.124 e. The van der Waals surface area contributed by atoms with Gasteiger partial charge < -0.3 is 10.3 Å². The average molecular weight is 290 g/mol. The molecule has 3 rings (SSSR count). The predicted octanol–water partition coefficient (Wildman–Crippen LogP) is 3.38. The van der Waals surface area contributed by atoms with Crippen molar-refractivity contribution < 1.29 is 0 Å². The molecule has 2 heterocycles. The number of fused-ring (bicyclic) bond motifs is 3. The van der Waals surface area contributed by atoms with Gasteiger partial charge in [-0.05, 0) is 25.1 Å². The Hall–Kier alpha value is -1.55. The Morgan fingerprint density at radius 3 is 2.76 bits per heavy atom. The second kappa shape index (κ2) is 3.47. The normalized spacial score (nSPS) is 11.5. The SMILES string of the molecule is Cc1nc(N)cc2c3ccc(Br)cc3n(C)c12. The second-order valence-electron chi connectivity index (χ2n) is 4.25. The number of nitrogens with zero attached hydrogens (tertiary/aromatic N) is 2. The standard InChI is InChI=1S/C13H12BrN3/c1-7-13-10(6-12(15)16-7)9-4-3-8(14)5-11(9)17(13)2/h3-6H,1-2H3,(H2,15,16). The molecule has 0 fully saturated rings. The minimum absolute atomic E-state index is 0.574. The number of benzene rings is 1. The molecule has 0 amide bonds. The lowest BCUT2D eigenvalue weighted by atomic mass is 10.1. The first kappa shape index (κ1) is 10.6. The zero-order valence-corrected chi connectivity index (χ0v) is 11.2. The molecule has 0 spiro atoms. The van der Waals surface area contributed by atoms with Crippen molar-refractivity contribution >= 4 is 43.6 Å². The van der Waals surface area contributed by atoms with E-state index in [0.29, 0.717) is 5.82 Å². The lowest BCUT2D eigenvalue weighted by molar-refractivity contribution is 0.997. The third kappa shape index (κ3) is 1.44. The second-order valence-corrected chi connectivity index (χ2v) is 5.16. The summed E-state index contributed by atoms with van der Waals surface area (Å²) in [5.74, 6) is 0.574. The molecule has 0 unspecified atom stereocenters. The van der Waals surface area contributed by atoms with Gasteiger partial charge in [-0.25, -0.2) is 4.98 Å². The van der Waals surface area contributed by atoms with Crippen LogP contribution in [0.15, 0.2) is 28.7 Å². The molecule has 0 saturated carbocycles. The molecule has 0 radical (unpaired) electrons. The van der Waals surface area contributed by atoms with Crippen LogP contribution in [0.5, 0.6) is 0 Å². The summed E-state index contributed by atoms with van der Waals surface area (Å²) in [6.45, 7) is 1.99. The van der Waals surface area contributed by atoms with Crippen LogP contribution in [0.3, 0.4) is 0 Å². The van der Waals surface area contributed by atoms with Crippen LogP contribution < -0.4 is 5.73 Å². The van der Waals surface area contributed by atoms with Crippen LogP contribution in [0.4, 0.5) is 5.82 Å². The fourth-order valence-electron chi connectivity index (χ4n) is 2.45. The van der Waals surface area contributed by atoms with Crippen molar-refractivity contribution in [3.8, 4) is 0 Å². The molecular weight excluding hydrogens is 278 g/mol. The molecule has 4 heteroatoms. The molecule has 1 aromatic carbocycles. The summed E-state index contributed by atoms with van der Waals surface area (Å²) in [4.78, 5) is 4.33. The van der Waals surface area contributed by atoms with Gasteiger partial charge >= 0.3 is 0 Å². The van der Waals surface area contributed by atoms with Crippen molar-refractivity contribution in [3.63, 3.8) is 0 Å². The van der Waals surface area contributed by atoms with Crippen LogP contribution in [-0.2, 0) is 7.05 Å². The minimum Gasteiger partial charge on any atom is -0.384 e. The largest absolute Gasteiger partial charge is 0.384 e. The van der Waals surface area contributed by atoms with E-state index in [1.807, 2.05) is 19.1 Å². The van der Waals surface area contributed by atoms with Gasteiger partial charge in [0.1, 0.15) is 5.82 Å². The minimum atomic E-state index is 0.574. The van der Waals surface area contributed by atoms with Crippen molar-refractivity contribution in [1.82, 2.24) is 9.55 Å². The molecular formula is C13H12BrN3. The van der Waals surface area contributed by atoms with Gasteiger partial charge in [-0.2, -0.15) is 0 Å². The number of hydrogen-bond acceptors (Lipinski definition) is 2. The third-order valence-corrected chi connectivity index (χ3v) is 3.63. The molecule has 17 heavy (non-hydrogen) atoms. The van der Waals surface area contributed by atoms with Crippen molar-refractivity contribution in [1.29, 1.82) is 0 Å². The summed E-state index contributed by atoms with van der Waals surface area (Å²) in [6.07, 6.45) is 0. The summed E-state index contributed by atoms with van der Waals surface area (Å²) in [7, 11) is 2.06. The van der Waals surface area contributed by atoms with Gasteiger partial charge in [-0.15, -0.1) is 0 Å². The number of hydrogen-bond donors (Lipinski definition) is 1. The lowest BCUT2D eigenvalue weighted by Crippen LogP contribution is -1.95. The fourth-order valence-corrected chi connectivity index (χ4v) is 2.80. The van der Waals surface area contributed by atoms with Crippen molar-refractivity contribution in [3.05, 3.63) is 34.4 Å². The molecule has 0 aliphatic rings. The van der Waals surface area contributed by atoms with Gasteiger partial charge in [0.2, 0.25) is 0 Å². The van der Waals surface area contributed by atoms with Gasteiger partial charge in [0, 0.05) is 22.3 Å². The van der Waals surface area contributed by atoms with Gasteiger partial charge in [0.05, 0.1) is 16.7 Å². The molecule has 3 nitrogen and oxygen atoms in total. The van der Waals surface area contributed by atoms with Crippen molar-refractivity contribution in [2.45, 2.75) is 6.92 Å². The zero-order valence-electron chi connectivity index (χ0n) is 9.66. The maximum atomic E-state index is 5.83. The highest BCUT2D eigenvalue weighted by Crippen LogP contribution is 2.32. The van der Waals surface area contributed by atoms with Crippen LogP contribution in [0, 0.1) is 6.92 Å². The fraction of sp³-hybridized carbons (Fsp3) is 0.154. The van der Waals surface area contributed by atoms with Crippen LogP contribution >= 0.6 is 15.9 Å². The van der Waals surface area contributed by atoms with Gasteiger partial charge in [-0.1, -0.05) is 22.0 Å². The Kier molecular flexibility index (Phi) is 2.16. The van der Waals surface area contributed by atoms with Gasteiger partial charge in [0.25, 0.3) is 0 Å². The van der Waals surface area contributed by atoms with Gasteiger partial charge in [-0.3, -0.25) is 0 Å². The Morgan fingerprint density at radius 1 is 1.24 bits per heavy atom. The zero-order chi connectivity index (χ0) is 12.2. The first-order chi connectivity index (χ1) is 8.08. The Morgan fingerprint density at radius 2 is 2.00 bits per heavy atom. The number of aromatic nitrogens is 2. The highest BCUT2D eigenvalue weighted by Gasteiger charge is 2.11. The first-order valence-electron chi connectivity index (χ1n) is 5.38. The Labute approximate surface area is 107 Å². The lowest BCUT2D eigenvalue weighted by Gasteiger charge is -2.02. The number of nitrogen functional groups attached to an aromatic ring is 1. The Bertz CT molecular complexity index is 743. The monoisotopic (exact) mass is 289 g/mol. The summed E-state index contributed by atoms with van der Waals surface area (Å²) < 4.78 is 3.24. The van der Waals surface area contributed by atoms with E-state index in [0.717, 1.165) is 15.7 Å².